The van der Waals surface area contributed by atoms with E-state index in [0.717, 1.165) is 5.56 Å². The summed E-state index contributed by atoms with van der Waals surface area (Å²) < 4.78 is 0. The first-order valence-electron chi connectivity index (χ1n) is 5.76. The van der Waals surface area contributed by atoms with Gasteiger partial charge < -0.3 is 4.90 Å². The molecule has 1 aromatic carbocycles. The standard InChI is InChI=1S/C13H9Cl4N3O/c1-20(6-7-2-3-9(14)10(15)4-7)13(21)8-5-11(16)18-19-12(8)17/h2-5H,6H2,1H3. The molecule has 21 heavy (non-hydrogen) atoms. The number of carbonyl (C=O) groups is 1. The molecule has 110 valence electrons. The molecule has 0 radical (unpaired) electrons. The van der Waals surface area contributed by atoms with Crippen LogP contribution in [-0.4, -0.2) is 28.1 Å². The zero-order valence-electron chi connectivity index (χ0n) is 10.8. The van der Waals surface area contributed by atoms with E-state index in [2.05, 4.69) is 10.2 Å². The van der Waals surface area contributed by atoms with Crippen molar-refractivity contribution >= 4 is 52.3 Å². The average Bonchev–Trinajstić information content (AvgIpc) is 2.44. The van der Waals surface area contributed by atoms with Crippen molar-refractivity contribution in [3.05, 3.63) is 55.7 Å². The Hall–Kier alpha value is -1.07. The van der Waals surface area contributed by atoms with Crippen LogP contribution in [-0.2, 0) is 6.54 Å². The molecule has 0 saturated carbocycles. The molecule has 2 rings (SSSR count). The molecule has 2 aromatic rings. The minimum absolute atomic E-state index is 0.00499. The van der Waals surface area contributed by atoms with Crippen LogP contribution in [0.1, 0.15) is 15.9 Å². The number of hydrogen-bond acceptors (Lipinski definition) is 3. The highest BCUT2D eigenvalue weighted by molar-refractivity contribution is 6.42. The van der Waals surface area contributed by atoms with Crippen molar-refractivity contribution < 1.29 is 4.79 Å². The number of carbonyl (C=O) groups excluding carboxylic acids is 1. The van der Waals surface area contributed by atoms with Crippen LogP contribution in [0.3, 0.4) is 0 Å². The van der Waals surface area contributed by atoms with E-state index in [1.165, 1.54) is 11.0 Å². The summed E-state index contributed by atoms with van der Waals surface area (Å²) in [6.07, 6.45) is 0. The second-order valence-corrected chi connectivity index (χ2v) is 5.84. The summed E-state index contributed by atoms with van der Waals surface area (Å²) in [5.41, 5.74) is 1.03. The fourth-order valence-corrected chi connectivity index (χ4v) is 2.33. The van der Waals surface area contributed by atoms with Gasteiger partial charge in [0.15, 0.2) is 10.3 Å². The minimum atomic E-state index is -0.317. The topological polar surface area (TPSA) is 46.1 Å². The highest BCUT2D eigenvalue weighted by Crippen LogP contribution is 2.24. The van der Waals surface area contributed by atoms with Crippen LogP contribution < -0.4 is 0 Å². The SMILES string of the molecule is CN(Cc1ccc(Cl)c(Cl)c1)C(=O)c1cc(Cl)nnc1Cl. The second-order valence-electron chi connectivity index (χ2n) is 4.28. The Kier molecular flexibility index (Phi) is 5.27. The fraction of sp³-hybridized carbons (Fsp3) is 0.154. The largest absolute Gasteiger partial charge is 0.337 e. The lowest BCUT2D eigenvalue weighted by atomic mass is 10.2. The third-order valence-corrected chi connectivity index (χ3v) is 3.90. The normalized spacial score (nSPS) is 10.5. The first-order valence-corrected chi connectivity index (χ1v) is 7.28. The van der Waals surface area contributed by atoms with Gasteiger partial charge in [-0.1, -0.05) is 52.5 Å². The Morgan fingerprint density at radius 3 is 2.48 bits per heavy atom. The van der Waals surface area contributed by atoms with Crippen molar-refractivity contribution in [3.8, 4) is 0 Å². The van der Waals surface area contributed by atoms with E-state index in [-0.39, 0.29) is 21.8 Å². The summed E-state index contributed by atoms with van der Waals surface area (Å²) in [6.45, 7) is 0.339. The molecule has 4 nitrogen and oxygen atoms in total. The van der Waals surface area contributed by atoms with Crippen molar-refractivity contribution in [1.82, 2.24) is 15.1 Å². The van der Waals surface area contributed by atoms with Gasteiger partial charge >= 0.3 is 0 Å². The van der Waals surface area contributed by atoms with Gasteiger partial charge in [0.25, 0.3) is 5.91 Å². The Bertz CT molecular complexity index is 693. The summed E-state index contributed by atoms with van der Waals surface area (Å²) >= 11 is 23.4. The highest BCUT2D eigenvalue weighted by atomic mass is 35.5. The summed E-state index contributed by atoms with van der Waals surface area (Å²) in [5.74, 6) is -0.317. The molecule has 1 amide bonds. The van der Waals surface area contributed by atoms with E-state index in [9.17, 15) is 4.79 Å². The Morgan fingerprint density at radius 2 is 1.81 bits per heavy atom. The van der Waals surface area contributed by atoms with Crippen molar-refractivity contribution in [3.63, 3.8) is 0 Å². The first kappa shape index (κ1) is 16.3. The first-order chi connectivity index (χ1) is 9.88. The number of rotatable bonds is 3. The van der Waals surface area contributed by atoms with Crippen LogP contribution in [0.4, 0.5) is 0 Å². The smallest absolute Gasteiger partial charge is 0.257 e. The molecule has 0 atom stereocenters. The van der Waals surface area contributed by atoms with Crippen LogP contribution in [0.5, 0.6) is 0 Å². The number of hydrogen-bond donors (Lipinski definition) is 0. The number of benzene rings is 1. The van der Waals surface area contributed by atoms with Gasteiger partial charge in [-0.05, 0) is 23.8 Å². The van der Waals surface area contributed by atoms with Gasteiger partial charge in [0.1, 0.15) is 0 Å². The van der Waals surface area contributed by atoms with Crippen LogP contribution >= 0.6 is 46.4 Å². The van der Waals surface area contributed by atoms with Gasteiger partial charge in [-0.3, -0.25) is 4.79 Å². The molecule has 0 fully saturated rings. The van der Waals surface area contributed by atoms with Crippen molar-refractivity contribution in [2.75, 3.05) is 7.05 Å². The molecule has 0 unspecified atom stereocenters. The number of halogens is 4. The molecule has 0 aliphatic carbocycles. The summed E-state index contributed by atoms with van der Waals surface area (Å²) in [5, 5.41) is 8.18. The molecular formula is C13H9Cl4N3O. The lowest BCUT2D eigenvalue weighted by molar-refractivity contribution is 0.0784. The molecule has 0 N–H and O–H groups in total. The van der Waals surface area contributed by atoms with Gasteiger partial charge in [0.2, 0.25) is 0 Å². The van der Waals surface area contributed by atoms with Gasteiger partial charge in [-0.25, -0.2) is 0 Å². The van der Waals surface area contributed by atoms with E-state index in [4.69, 9.17) is 46.4 Å². The predicted octanol–water partition coefficient (Wildman–Crippen LogP) is 4.36. The van der Waals surface area contributed by atoms with Gasteiger partial charge in [-0.15, -0.1) is 10.2 Å². The Morgan fingerprint density at radius 1 is 1.10 bits per heavy atom. The number of amides is 1. The quantitative estimate of drug-likeness (QED) is 0.812. The second kappa shape index (κ2) is 6.79. The minimum Gasteiger partial charge on any atom is -0.337 e. The zero-order chi connectivity index (χ0) is 15.6. The van der Waals surface area contributed by atoms with Crippen LogP contribution in [0, 0.1) is 0 Å². The maximum absolute atomic E-state index is 12.3. The summed E-state index contributed by atoms with van der Waals surface area (Å²) in [7, 11) is 1.63. The van der Waals surface area contributed by atoms with Crippen molar-refractivity contribution in [2.24, 2.45) is 0 Å². The van der Waals surface area contributed by atoms with E-state index < -0.39 is 0 Å². The molecule has 0 aliphatic heterocycles. The molecular weight excluding hydrogens is 356 g/mol. The number of nitrogens with zero attached hydrogens (tertiary/aromatic N) is 3. The van der Waals surface area contributed by atoms with E-state index in [1.807, 2.05) is 0 Å². The third-order valence-electron chi connectivity index (χ3n) is 2.70. The van der Waals surface area contributed by atoms with Crippen LogP contribution in [0.25, 0.3) is 0 Å². The number of aromatic nitrogens is 2. The van der Waals surface area contributed by atoms with Crippen LogP contribution in [0.2, 0.25) is 20.4 Å². The average molecular weight is 365 g/mol. The van der Waals surface area contributed by atoms with E-state index >= 15 is 0 Å². The van der Waals surface area contributed by atoms with E-state index in [0.29, 0.717) is 16.6 Å². The maximum Gasteiger partial charge on any atom is 0.257 e. The monoisotopic (exact) mass is 363 g/mol. The van der Waals surface area contributed by atoms with Crippen LogP contribution in [0.15, 0.2) is 24.3 Å². The molecule has 0 saturated heterocycles. The van der Waals surface area contributed by atoms with Gasteiger partial charge in [-0.2, -0.15) is 0 Å². The van der Waals surface area contributed by atoms with Crippen molar-refractivity contribution in [1.29, 1.82) is 0 Å². The molecule has 0 spiro atoms. The summed E-state index contributed by atoms with van der Waals surface area (Å²) in [4.78, 5) is 13.8. The Balaban J connectivity index is 2.19. The van der Waals surface area contributed by atoms with Gasteiger partial charge in [0.05, 0.1) is 15.6 Å². The molecule has 1 aromatic heterocycles. The Labute approximate surface area is 141 Å². The summed E-state index contributed by atoms with van der Waals surface area (Å²) in [6, 6.07) is 6.55. The van der Waals surface area contributed by atoms with Gasteiger partial charge in [0, 0.05) is 13.6 Å². The molecule has 0 aliphatic rings. The van der Waals surface area contributed by atoms with E-state index in [1.54, 1.807) is 25.2 Å². The fourth-order valence-electron chi connectivity index (χ4n) is 1.69. The van der Waals surface area contributed by atoms with Crippen molar-refractivity contribution in [2.45, 2.75) is 6.54 Å². The lowest BCUT2D eigenvalue weighted by Crippen LogP contribution is -2.26. The lowest BCUT2D eigenvalue weighted by Gasteiger charge is -2.18. The predicted molar refractivity (Wildman–Crippen MR) is 84.3 cm³/mol. The molecule has 0 bridgehead atoms. The molecule has 1 heterocycles. The third kappa shape index (κ3) is 3.98. The zero-order valence-corrected chi connectivity index (χ0v) is 13.8. The maximum atomic E-state index is 12.3. The highest BCUT2D eigenvalue weighted by Gasteiger charge is 2.18. The molecule has 8 heteroatoms.